The lowest BCUT2D eigenvalue weighted by molar-refractivity contribution is 0.361. The zero-order valence-corrected chi connectivity index (χ0v) is 19.7. The van der Waals surface area contributed by atoms with Crippen LogP contribution in [0.3, 0.4) is 0 Å². The Labute approximate surface area is 170 Å². The summed E-state index contributed by atoms with van der Waals surface area (Å²) in [5.74, 6) is 0. The largest absolute Gasteiger partial charge is 0.325 e. The first-order valence-electron chi connectivity index (χ1n) is 9.48. The Bertz CT molecular complexity index is 310. The van der Waals surface area contributed by atoms with Gasteiger partial charge in [0.25, 0.3) is 0 Å². The normalized spacial score (nSPS) is 11.2. The molecule has 0 amide bonds. The van der Waals surface area contributed by atoms with Gasteiger partial charge in [0.1, 0.15) is 0 Å². The minimum Gasteiger partial charge on any atom is -0.325 e. The van der Waals surface area contributed by atoms with E-state index >= 15 is 0 Å². The summed E-state index contributed by atoms with van der Waals surface area (Å²) in [4.78, 5) is 45.3. The highest BCUT2D eigenvalue weighted by Crippen LogP contribution is 2.27. The van der Waals surface area contributed by atoms with E-state index in [1.54, 1.807) is 0 Å². The van der Waals surface area contributed by atoms with Crippen LogP contribution in [-0.2, 0) is 23.6 Å². The molecule has 0 bridgehead atoms. The molecule has 0 saturated carbocycles. The third kappa shape index (κ3) is 73.4. The lowest BCUT2D eigenvalue weighted by Crippen LogP contribution is -1.82. The second-order valence-corrected chi connectivity index (χ2v) is 11.3. The molecule has 0 aromatic carbocycles. The van der Waals surface area contributed by atoms with Crippen molar-refractivity contribution in [2.24, 2.45) is 0 Å². The number of hydrogen-bond donors (Lipinski definition) is 6. The van der Waals surface area contributed by atoms with E-state index in [2.05, 4.69) is 37.5 Å². The van der Waals surface area contributed by atoms with Crippen LogP contribution in [0.5, 0.6) is 0 Å². The van der Waals surface area contributed by atoms with Crippen molar-refractivity contribution >= 4 is 37.1 Å². The van der Waals surface area contributed by atoms with Gasteiger partial charge in [-0.05, 0) is 23.6 Å². The quantitative estimate of drug-likeness (QED) is 0.172. The second-order valence-electron chi connectivity index (χ2n) is 6.27. The van der Waals surface area contributed by atoms with Crippen molar-refractivity contribution in [2.75, 3.05) is 0 Å². The molecule has 0 rings (SSSR count). The number of rotatable bonds is 13. The van der Waals surface area contributed by atoms with Gasteiger partial charge in [-0.15, -0.1) is 0 Å². The van der Waals surface area contributed by atoms with Crippen LogP contribution in [-0.4, -0.2) is 29.4 Å². The maximum absolute atomic E-state index is 7.56. The predicted octanol–water partition coefficient (Wildman–Crippen LogP) is 4.86. The maximum atomic E-state index is 7.56. The standard InChI is InChI=1S/C16H34.2H3O3PS/c1-3-5-7-9-11-13-15-16-14-12-10-8-6-4-2;2*1-4(2,3)5/h3-16H2,1-2H3;2*(H3,1,2,3,5). The van der Waals surface area contributed by atoms with Gasteiger partial charge in [0.15, 0.2) is 0 Å². The Morgan fingerprint density at radius 3 is 0.654 bits per heavy atom. The van der Waals surface area contributed by atoms with Crippen LogP contribution in [0.2, 0.25) is 0 Å². The molecule has 0 unspecified atom stereocenters. The molecule has 0 radical (unpaired) electrons. The molecule has 26 heavy (non-hydrogen) atoms. The number of hydrogen-bond acceptors (Lipinski definition) is 2. The van der Waals surface area contributed by atoms with Crippen LogP contribution in [0, 0.1) is 0 Å². The Hall–Kier alpha value is 1.06. The summed E-state index contributed by atoms with van der Waals surface area (Å²) in [6.07, 6.45) is 20.4. The smallest absolute Gasteiger partial charge is 0.319 e. The van der Waals surface area contributed by atoms with Crippen LogP contribution in [0.4, 0.5) is 0 Å². The van der Waals surface area contributed by atoms with Gasteiger partial charge in [0.2, 0.25) is 0 Å². The van der Waals surface area contributed by atoms with E-state index in [0.717, 1.165) is 0 Å². The summed E-state index contributed by atoms with van der Waals surface area (Å²) in [5, 5.41) is 0. The average Bonchev–Trinajstić information content (AvgIpc) is 2.45. The first-order valence-corrected chi connectivity index (χ1v) is 14.8. The van der Waals surface area contributed by atoms with E-state index < -0.39 is 13.4 Å². The van der Waals surface area contributed by atoms with Crippen molar-refractivity contribution in [3.05, 3.63) is 0 Å². The Morgan fingerprint density at radius 2 is 0.538 bits per heavy atom. The van der Waals surface area contributed by atoms with E-state index in [4.69, 9.17) is 29.4 Å². The fourth-order valence-electron chi connectivity index (χ4n) is 2.27. The molecule has 0 spiro atoms. The molecule has 0 aliphatic carbocycles. The minimum atomic E-state index is -3.81. The van der Waals surface area contributed by atoms with Crippen molar-refractivity contribution in [3.8, 4) is 0 Å². The van der Waals surface area contributed by atoms with E-state index in [-0.39, 0.29) is 0 Å². The van der Waals surface area contributed by atoms with E-state index in [9.17, 15) is 0 Å². The molecule has 0 fully saturated rings. The zero-order chi connectivity index (χ0) is 20.9. The zero-order valence-electron chi connectivity index (χ0n) is 16.3. The fourth-order valence-corrected chi connectivity index (χ4v) is 2.27. The Morgan fingerprint density at radius 1 is 0.423 bits per heavy atom. The average molecular weight is 455 g/mol. The van der Waals surface area contributed by atoms with Gasteiger partial charge in [-0.1, -0.05) is 104 Å². The molecule has 0 aromatic rings. The van der Waals surface area contributed by atoms with Gasteiger partial charge in [-0.25, -0.2) is 0 Å². The molecule has 0 aliphatic rings. The van der Waals surface area contributed by atoms with Gasteiger partial charge < -0.3 is 29.4 Å². The van der Waals surface area contributed by atoms with Crippen molar-refractivity contribution in [2.45, 2.75) is 104 Å². The first-order chi connectivity index (χ1) is 11.9. The molecular formula is C16H40O6P2S2. The van der Waals surface area contributed by atoms with Gasteiger partial charge in [-0.3, -0.25) is 0 Å². The summed E-state index contributed by atoms with van der Waals surface area (Å²) < 4.78 is 0. The van der Waals surface area contributed by atoms with Crippen molar-refractivity contribution in [1.29, 1.82) is 0 Å². The molecule has 162 valence electrons. The van der Waals surface area contributed by atoms with Crippen LogP contribution >= 0.6 is 13.4 Å². The predicted molar refractivity (Wildman–Crippen MR) is 118 cm³/mol. The second kappa shape index (κ2) is 22.4. The van der Waals surface area contributed by atoms with Crippen molar-refractivity contribution < 1.29 is 29.4 Å². The monoisotopic (exact) mass is 454 g/mol. The molecule has 0 saturated heterocycles. The van der Waals surface area contributed by atoms with Crippen molar-refractivity contribution in [1.82, 2.24) is 0 Å². The third-order valence-corrected chi connectivity index (χ3v) is 3.46. The molecule has 0 heterocycles. The molecule has 0 aliphatic heterocycles. The van der Waals surface area contributed by atoms with Crippen LogP contribution < -0.4 is 0 Å². The SMILES string of the molecule is CCCCCCCCCCCCCCCC.OP(O)(O)=S.OP(O)(O)=S. The Kier molecular flexibility index (Phi) is 27.3. The lowest BCUT2D eigenvalue weighted by atomic mass is 10.0. The molecular weight excluding hydrogens is 414 g/mol. The lowest BCUT2D eigenvalue weighted by Gasteiger charge is -2.02. The highest BCUT2D eigenvalue weighted by Gasteiger charge is 1.93. The number of unbranched alkanes of at least 4 members (excludes halogenated alkanes) is 13. The van der Waals surface area contributed by atoms with Crippen LogP contribution in [0.25, 0.3) is 0 Å². The Balaban J connectivity index is -0.000000433. The van der Waals surface area contributed by atoms with Crippen molar-refractivity contribution in [3.63, 3.8) is 0 Å². The summed E-state index contributed by atoms with van der Waals surface area (Å²) in [6, 6.07) is 0. The van der Waals surface area contributed by atoms with Gasteiger partial charge >= 0.3 is 13.4 Å². The van der Waals surface area contributed by atoms with Crippen LogP contribution in [0.15, 0.2) is 0 Å². The fraction of sp³-hybridized carbons (Fsp3) is 1.00. The highest BCUT2D eigenvalue weighted by molar-refractivity contribution is 8.06. The van der Waals surface area contributed by atoms with Gasteiger partial charge in [0, 0.05) is 0 Å². The highest BCUT2D eigenvalue weighted by atomic mass is 32.5. The van der Waals surface area contributed by atoms with E-state index in [0.29, 0.717) is 0 Å². The summed E-state index contributed by atoms with van der Waals surface area (Å²) >= 11 is 7.21. The molecule has 6 nitrogen and oxygen atoms in total. The summed E-state index contributed by atoms with van der Waals surface area (Å²) in [7, 11) is 0. The van der Waals surface area contributed by atoms with E-state index in [1.165, 1.54) is 89.9 Å². The summed E-state index contributed by atoms with van der Waals surface area (Å²) in [5.41, 5.74) is 0. The van der Waals surface area contributed by atoms with Crippen LogP contribution in [0.1, 0.15) is 104 Å². The molecule has 0 aromatic heterocycles. The molecule has 10 heteroatoms. The molecule has 0 atom stereocenters. The maximum Gasteiger partial charge on any atom is 0.319 e. The first kappa shape index (κ1) is 31.7. The third-order valence-electron chi connectivity index (χ3n) is 3.46. The minimum absolute atomic E-state index is 1.37. The molecule has 6 N–H and O–H groups in total. The topological polar surface area (TPSA) is 121 Å². The van der Waals surface area contributed by atoms with E-state index in [1.807, 2.05) is 0 Å². The summed E-state index contributed by atoms with van der Waals surface area (Å²) in [6.45, 7) is -3.03. The van der Waals surface area contributed by atoms with Gasteiger partial charge in [-0.2, -0.15) is 0 Å². The van der Waals surface area contributed by atoms with Gasteiger partial charge in [0.05, 0.1) is 0 Å².